The number of carbonyl (C=O) groups is 1. The van der Waals surface area contributed by atoms with E-state index in [9.17, 15) is 10.1 Å². The van der Waals surface area contributed by atoms with Crippen molar-refractivity contribution in [3.63, 3.8) is 0 Å². The number of nitrogens with zero attached hydrogens (tertiary/aromatic N) is 3. The van der Waals surface area contributed by atoms with E-state index in [2.05, 4.69) is 11.0 Å². The molecular weight excluding hydrogens is 398 g/mol. The predicted molar refractivity (Wildman–Crippen MR) is 116 cm³/mol. The van der Waals surface area contributed by atoms with Gasteiger partial charge in [0.05, 0.1) is 43.4 Å². The maximum absolute atomic E-state index is 13.0. The van der Waals surface area contributed by atoms with Crippen molar-refractivity contribution in [2.45, 2.75) is 18.9 Å². The average molecular weight is 422 g/mol. The molecule has 2 aliphatic heterocycles. The van der Waals surface area contributed by atoms with E-state index < -0.39 is 0 Å². The number of rotatable bonds is 5. The summed E-state index contributed by atoms with van der Waals surface area (Å²) in [5, 5.41) is 10.7. The second-order valence-corrected chi connectivity index (χ2v) is 8.21. The fourth-order valence-corrected chi connectivity index (χ4v) is 4.98. The molecule has 0 radical (unpaired) electrons. The van der Waals surface area contributed by atoms with Crippen LogP contribution in [-0.2, 0) is 11.3 Å². The summed E-state index contributed by atoms with van der Waals surface area (Å²) >= 11 is 1.56. The summed E-state index contributed by atoms with van der Waals surface area (Å²) in [5.74, 6) is 2.09. The van der Waals surface area contributed by atoms with E-state index in [0.29, 0.717) is 12.2 Å². The zero-order valence-electron chi connectivity index (χ0n) is 17.0. The Balaban J connectivity index is 1.55. The molecule has 2 heterocycles. The Labute approximate surface area is 180 Å². The van der Waals surface area contributed by atoms with Crippen LogP contribution in [0.1, 0.15) is 23.5 Å². The molecule has 2 aromatic carbocycles. The van der Waals surface area contributed by atoms with E-state index >= 15 is 0 Å². The van der Waals surface area contributed by atoms with Crippen LogP contribution in [0.4, 0.5) is 0 Å². The van der Waals surface area contributed by atoms with Gasteiger partial charge < -0.3 is 9.47 Å². The fourth-order valence-electron chi connectivity index (χ4n) is 3.84. The molecule has 1 amide bonds. The minimum Gasteiger partial charge on any atom is -0.497 e. The minimum atomic E-state index is -0.232. The Bertz CT molecular complexity index is 1010. The third-order valence-electron chi connectivity index (χ3n) is 5.41. The Kier molecular flexibility index (Phi) is 5.98. The number of hydrogen-bond acceptors (Lipinski definition) is 6. The molecule has 0 saturated carbocycles. The molecule has 1 saturated heterocycles. The summed E-state index contributed by atoms with van der Waals surface area (Å²) in [6.45, 7) is 1.22. The molecule has 0 aromatic heterocycles. The number of methoxy groups -OCH3 is 2. The summed E-state index contributed by atoms with van der Waals surface area (Å²) in [6, 6.07) is 18.0. The van der Waals surface area contributed by atoms with Crippen LogP contribution in [0.15, 0.2) is 59.1 Å². The number of allylic oxidation sites excluding steroid dienone is 1. The number of ether oxygens (including phenoxy) is 2. The van der Waals surface area contributed by atoms with Crippen LogP contribution in [0, 0.1) is 11.3 Å². The topological polar surface area (TPSA) is 65.8 Å². The molecule has 0 N–H and O–H groups in total. The molecular formula is C23H23N3O3S. The zero-order chi connectivity index (χ0) is 21.1. The number of benzene rings is 2. The average Bonchev–Trinajstić information content (AvgIpc) is 2.79. The van der Waals surface area contributed by atoms with Crippen molar-refractivity contribution in [1.29, 1.82) is 5.26 Å². The van der Waals surface area contributed by atoms with Crippen LogP contribution in [0.2, 0.25) is 0 Å². The third kappa shape index (κ3) is 4.02. The van der Waals surface area contributed by atoms with Crippen LogP contribution in [0.3, 0.4) is 0 Å². The van der Waals surface area contributed by atoms with Crippen LogP contribution >= 0.6 is 11.8 Å². The van der Waals surface area contributed by atoms with Crippen molar-refractivity contribution >= 4 is 17.7 Å². The Morgan fingerprint density at radius 2 is 1.90 bits per heavy atom. The molecule has 6 nitrogen and oxygen atoms in total. The van der Waals surface area contributed by atoms with Crippen LogP contribution in [-0.4, -0.2) is 42.5 Å². The van der Waals surface area contributed by atoms with Crippen molar-refractivity contribution in [3.8, 4) is 17.6 Å². The Morgan fingerprint density at radius 3 is 2.60 bits per heavy atom. The third-order valence-corrected chi connectivity index (χ3v) is 6.62. The molecule has 0 bridgehead atoms. The maximum atomic E-state index is 13.0. The van der Waals surface area contributed by atoms with Gasteiger partial charge >= 0.3 is 0 Å². The van der Waals surface area contributed by atoms with Gasteiger partial charge in [-0.3, -0.25) is 14.6 Å². The smallest absolute Gasteiger partial charge is 0.229 e. The van der Waals surface area contributed by atoms with Crippen LogP contribution in [0.25, 0.3) is 0 Å². The van der Waals surface area contributed by atoms with Gasteiger partial charge in [0.15, 0.2) is 0 Å². The van der Waals surface area contributed by atoms with Crippen molar-refractivity contribution < 1.29 is 14.3 Å². The van der Waals surface area contributed by atoms with Crippen molar-refractivity contribution in [1.82, 2.24) is 9.80 Å². The molecule has 0 unspecified atom stereocenters. The summed E-state index contributed by atoms with van der Waals surface area (Å²) in [4.78, 5) is 17.0. The number of amides is 1. The van der Waals surface area contributed by atoms with E-state index in [1.54, 1.807) is 30.9 Å². The number of thioether (sulfide) groups is 1. The lowest BCUT2D eigenvalue weighted by molar-refractivity contribution is -0.131. The molecule has 0 aliphatic carbocycles. The Hall–Kier alpha value is -2.95. The lowest BCUT2D eigenvalue weighted by Gasteiger charge is -2.41. The van der Waals surface area contributed by atoms with Gasteiger partial charge in [0.25, 0.3) is 0 Å². The SMILES string of the molecule is COc1ccc(CN2CSC3=C(C#N)[C@@H](c4cccc(OC)c4)CC(=O)N3C2)cc1. The molecule has 2 aliphatic rings. The van der Waals surface area contributed by atoms with E-state index in [1.165, 1.54) is 0 Å². The van der Waals surface area contributed by atoms with E-state index in [4.69, 9.17) is 9.47 Å². The summed E-state index contributed by atoms with van der Waals surface area (Å²) in [5.41, 5.74) is 2.76. The van der Waals surface area contributed by atoms with Gasteiger partial charge in [-0.2, -0.15) is 5.26 Å². The molecule has 7 heteroatoms. The van der Waals surface area contributed by atoms with Crippen molar-refractivity contribution in [2.24, 2.45) is 0 Å². The molecule has 1 fully saturated rings. The summed E-state index contributed by atoms with van der Waals surface area (Å²) in [7, 11) is 3.27. The molecule has 154 valence electrons. The number of nitriles is 1. The van der Waals surface area contributed by atoms with Gasteiger partial charge in [0, 0.05) is 18.9 Å². The van der Waals surface area contributed by atoms with Crippen molar-refractivity contribution in [2.75, 3.05) is 26.8 Å². The fraction of sp³-hybridized carbons (Fsp3) is 0.304. The van der Waals surface area contributed by atoms with E-state index in [0.717, 1.165) is 40.1 Å². The first kappa shape index (κ1) is 20.3. The zero-order valence-corrected chi connectivity index (χ0v) is 17.8. The molecule has 1 atom stereocenters. The first-order chi connectivity index (χ1) is 14.6. The highest BCUT2D eigenvalue weighted by atomic mass is 32.2. The van der Waals surface area contributed by atoms with E-state index in [-0.39, 0.29) is 18.2 Å². The number of fused-ring (bicyclic) bond motifs is 1. The normalized spacial score (nSPS) is 19.3. The predicted octanol–water partition coefficient (Wildman–Crippen LogP) is 3.92. The van der Waals surface area contributed by atoms with E-state index in [1.807, 2.05) is 48.5 Å². The standard InChI is InChI=1S/C23H23N3O3S/c1-28-18-8-6-16(7-9-18)13-25-14-26-22(27)11-20(21(12-24)23(26)30-15-25)17-4-3-5-19(10-17)29-2/h3-10,20H,11,13-15H2,1-2H3/t20-/m1/s1. The van der Waals surface area contributed by atoms with Gasteiger partial charge in [-0.25, -0.2) is 0 Å². The quantitative estimate of drug-likeness (QED) is 0.729. The second-order valence-electron chi connectivity index (χ2n) is 7.28. The summed E-state index contributed by atoms with van der Waals surface area (Å²) < 4.78 is 10.5. The highest BCUT2D eigenvalue weighted by Crippen LogP contribution is 2.43. The molecule has 4 rings (SSSR count). The Morgan fingerprint density at radius 1 is 1.13 bits per heavy atom. The molecule has 2 aromatic rings. The van der Waals surface area contributed by atoms with Gasteiger partial charge in [-0.1, -0.05) is 36.0 Å². The highest BCUT2D eigenvalue weighted by Gasteiger charge is 2.38. The van der Waals surface area contributed by atoms with Crippen molar-refractivity contribution in [3.05, 3.63) is 70.3 Å². The number of carbonyl (C=O) groups excluding carboxylic acids is 1. The lowest BCUT2D eigenvalue weighted by Crippen LogP contribution is -2.46. The molecule has 0 spiro atoms. The van der Waals surface area contributed by atoms with Crippen LogP contribution < -0.4 is 9.47 Å². The van der Waals surface area contributed by atoms with Gasteiger partial charge in [0.1, 0.15) is 11.5 Å². The van der Waals surface area contributed by atoms with Gasteiger partial charge in [0.2, 0.25) is 5.91 Å². The maximum Gasteiger partial charge on any atom is 0.229 e. The first-order valence-electron chi connectivity index (χ1n) is 9.69. The second kappa shape index (κ2) is 8.82. The monoisotopic (exact) mass is 421 g/mol. The largest absolute Gasteiger partial charge is 0.497 e. The lowest BCUT2D eigenvalue weighted by atomic mass is 9.86. The van der Waals surface area contributed by atoms with Gasteiger partial charge in [-0.05, 0) is 35.4 Å². The summed E-state index contributed by atoms with van der Waals surface area (Å²) in [6.07, 6.45) is 0.288. The molecule has 30 heavy (non-hydrogen) atoms. The first-order valence-corrected chi connectivity index (χ1v) is 10.7. The van der Waals surface area contributed by atoms with Gasteiger partial charge in [-0.15, -0.1) is 0 Å². The minimum absolute atomic E-state index is 0.0451. The number of hydrogen-bond donors (Lipinski definition) is 0. The highest BCUT2D eigenvalue weighted by molar-refractivity contribution is 8.03. The van der Waals surface area contributed by atoms with Crippen LogP contribution in [0.5, 0.6) is 11.5 Å².